The summed E-state index contributed by atoms with van der Waals surface area (Å²) in [6, 6.07) is 3.83. The number of ether oxygens (including phenoxy) is 1. The minimum atomic E-state index is 0.0219. The van der Waals surface area contributed by atoms with Gasteiger partial charge >= 0.3 is 0 Å². The summed E-state index contributed by atoms with van der Waals surface area (Å²) < 4.78 is 5.08. The Morgan fingerprint density at radius 1 is 1.67 bits per heavy atom. The lowest BCUT2D eigenvalue weighted by Gasteiger charge is -2.11. The van der Waals surface area contributed by atoms with Crippen molar-refractivity contribution in [1.29, 1.82) is 0 Å². The zero-order chi connectivity index (χ0) is 8.97. The molecule has 0 saturated heterocycles. The second-order valence-corrected chi connectivity index (χ2v) is 2.62. The standard InChI is InChI=1S/C9H14N2O/c1-3-8(10)7-5-4-6-11-9(7)12-2/h4-6,8H,3,10H2,1-2H3. The van der Waals surface area contributed by atoms with Crippen molar-refractivity contribution >= 4 is 0 Å². The van der Waals surface area contributed by atoms with Gasteiger partial charge in [0.15, 0.2) is 0 Å². The van der Waals surface area contributed by atoms with E-state index in [9.17, 15) is 0 Å². The van der Waals surface area contributed by atoms with E-state index in [4.69, 9.17) is 10.5 Å². The van der Waals surface area contributed by atoms with Crippen LogP contribution in [0.3, 0.4) is 0 Å². The van der Waals surface area contributed by atoms with E-state index in [0.717, 1.165) is 12.0 Å². The highest BCUT2D eigenvalue weighted by Gasteiger charge is 2.09. The van der Waals surface area contributed by atoms with Crippen LogP contribution in [0.5, 0.6) is 5.88 Å². The van der Waals surface area contributed by atoms with Crippen molar-refractivity contribution in [2.45, 2.75) is 19.4 Å². The summed E-state index contributed by atoms with van der Waals surface area (Å²) in [6.07, 6.45) is 2.59. The van der Waals surface area contributed by atoms with Gasteiger partial charge < -0.3 is 10.5 Å². The van der Waals surface area contributed by atoms with E-state index in [1.807, 2.05) is 19.1 Å². The molecule has 0 aromatic carbocycles. The van der Waals surface area contributed by atoms with E-state index in [0.29, 0.717) is 5.88 Å². The van der Waals surface area contributed by atoms with Crippen molar-refractivity contribution in [2.75, 3.05) is 7.11 Å². The molecular formula is C9H14N2O. The molecule has 3 nitrogen and oxygen atoms in total. The summed E-state index contributed by atoms with van der Waals surface area (Å²) in [7, 11) is 1.61. The summed E-state index contributed by atoms with van der Waals surface area (Å²) in [5.74, 6) is 0.631. The fourth-order valence-electron chi connectivity index (χ4n) is 1.08. The van der Waals surface area contributed by atoms with Crippen LogP contribution in [0.2, 0.25) is 0 Å². The highest BCUT2D eigenvalue weighted by molar-refractivity contribution is 5.28. The summed E-state index contributed by atoms with van der Waals surface area (Å²) >= 11 is 0. The van der Waals surface area contributed by atoms with Crippen molar-refractivity contribution < 1.29 is 4.74 Å². The first-order valence-corrected chi connectivity index (χ1v) is 4.04. The van der Waals surface area contributed by atoms with Crippen LogP contribution in [-0.4, -0.2) is 12.1 Å². The van der Waals surface area contributed by atoms with Crippen LogP contribution in [0.1, 0.15) is 24.9 Å². The Balaban J connectivity index is 2.96. The van der Waals surface area contributed by atoms with Gasteiger partial charge in [0.1, 0.15) is 0 Å². The van der Waals surface area contributed by atoms with Crippen molar-refractivity contribution in [3.63, 3.8) is 0 Å². The molecule has 0 aliphatic rings. The van der Waals surface area contributed by atoms with Gasteiger partial charge in [0.2, 0.25) is 5.88 Å². The largest absolute Gasteiger partial charge is 0.481 e. The van der Waals surface area contributed by atoms with E-state index in [1.54, 1.807) is 13.3 Å². The van der Waals surface area contributed by atoms with Gasteiger partial charge in [-0.1, -0.05) is 13.0 Å². The first kappa shape index (κ1) is 9.00. The van der Waals surface area contributed by atoms with Gasteiger partial charge in [0, 0.05) is 17.8 Å². The van der Waals surface area contributed by atoms with Gasteiger partial charge in [-0.3, -0.25) is 0 Å². The zero-order valence-corrected chi connectivity index (χ0v) is 7.45. The molecule has 0 saturated carbocycles. The van der Waals surface area contributed by atoms with Gasteiger partial charge in [-0.25, -0.2) is 4.98 Å². The Labute approximate surface area is 72.6 Å². The van der Waals surface area contributed by atoms with Crippen molar-refractivity contribution in [3.05, 3.63) is 23.9 Å². The molecule has 1 aromatic rings. The Hall–Kier alpha value is -1.09. The lowest BCUT2D eigenvalue weighted by atomic mass is 10.1. The fraction of sp³-hybridized carbons (Fsp3) is 0.444. The molecule has 1 unspecified atom stereocenters. The van der Waals surface area contributed by atoms with Crippen LogP contribution in [-0.2, 0) is 0 Å². The number of methoxy groups -OCH3 is 1. The maximum atomic E-state index is 5.85. The van der Waals surface area contributed by atoms with Gasteiger partial charge in [0.05, 0.1) is 7.11 Å². The van der Waals surface area contributed by atoms with E-state index in [1.165, 1.54) is 0 Å². The number of hydrogen-bond acceptors (Lipinski definition) is 3. The molecule has 66 valence electrons. The highest BCUT2D eigenvalue weighted by Crippen LogP contribution is 2.21. The molecule has 0 spiro atoms. The maximum Gasteiger partial charge on any atom is 0.217 e. The second kappa shape index (κ2) is 4.07. The first-order valence-electron chi connectivity index (χ1n) is 4.04. The van der Waals surface area contributed by atoms with Gasteiger partial charge in [0.25, 0.3) is 0 Å². The molecule has 0 fully saturated rings. The average molecular weight is 166 g/mol. The SMILES string of the molecule is CCC(N)c1cccnc1OC. The smallest absolute Gasteiger partial charge is 0.217 e. The Kier molecular flexibility index (Phi) is 3.05. The lowest BCUT2D eigenvalue weighted by molar-refractivity contribution is 0.388. The summed E-state index contributed by atoms with van der Waals surface area (Å²) in [5.41, 5.74) is 6.83. The zero-order valence-electron chi connectivity index (χ0n) is 7.45. The molecule has 0 aliphatic carbocycles. The highest BCUT2D eigenvalue weighted by atomic mass is 16.5. The molecule has 1 aromatic heterocycles. The maximum absolute atomic E-state index is 5.85. The topological polar surface area (TPSA) is 48.1 Å². The molecule has 1 heterocycles. The number of pyridine rings is 1. The lowest BCUT2D eigenvalue weighted by Crippen LogP contribution is -2.10. The number of aromatic nitrogens is 1. The van der Waals surface area contributed by atoms with Crippen LogP contribution >= 0.6 is 0 Å². The molecule has 2 N–H and O–H groups in total. The predicted molar refractivity (Wildman–Crippen MR) is 48.0 cm³/mol. The minimum Gasteiger partial charge on any atom is -0.481 e. The Morgan fingerprint density at radius 2 is 2.42 bits per heavy atom. The first-order chi connectivity index (χ1) is 5.79. The van der Waals surface area contributed by atoms with Gasteiger partial charge in [-0.15, -0.1) is 0 Å². The molecule has 1 rings (SSSR count). The Morgan fingerprint density at radius 3 is 3.00 bits per heavy atom. The summed E-state index contributed by atoms with van der Waals surface area (Å²) in [4.78, 5) is 4.06. The quantitative estimate of drug-likeness (QED) is 0.740. The molecule has 1 atom stereocenters. The van der Waals surface area contributed by atoms with E-state index < -0.39 is 0 Å². The van der Waals surface area contributed by atoms with Gasteiger partial charge in [-0.2, -0.15) is 0 Å². The fourth-order valence-corrected chi connectivity index (χ4v) is 1.08. The van der Waals surface area contributed by atoms with E-state index in [-0.39, 0.29) is 6.04 Å². The van der Waals surface area contributed by atoms with Gasteiger partial charge in [-0.05, 0) is 12.5 Å². The molecule has 0 radical (unpaired) electrons. The van der Waals surface area contributed by atoms with Crippen molar-refractivity contribution in [3.8, 4) is 5.88 Å². The van der Waals surface area contributed by atoms with E-state index in [2.05, 4.69) is 4.98 Å². The summed E-state index contributed by atoms with van der Waals surface area (Å²) in [5, 5.41) is 0. The summed E-state index contributed by atoms with van der Waals surface area (Å²) in [6.45, 7) is 2.04. The van der Waals surface area contributed by atoms with Crippen LogP contribution in [0.25, 0.3) is 0 Å². The molecule has 12 heavy (non-hydrogen) atoms. The average Bonchev–Trinajstić information content (AvgIpc) is 2.16. The minimum absolute atomic E-state index is 0.0219. The van der Waals surface area contributed by atoms with Crippen molar-refractivity contribution in [2.24, 2.45) is 5.73 Å². The molecular weight excluding hydrogens is 152 g/mol. The third-order valence-corrected chi connectivity index (χ3v) is 1.83. The number of hydrogen-bond donors (Lipinski definition) is 1. The molecule has 3 heteroatoms. The van der Waals surface area contributed by atoms with Crippen LogP contribution < -0.4 is 10.5 Å². The second-order valence-electron chi connectivity index (χ2n) is 2.62. The number of nitrogens with zero attached hydrogens (tertiary/aromatic N) is 1. The van der Waals surface area contributed by atoms with Crippen molar-refractivity contribution in [1.82, 2.24) is 4.98 Å². The molecule has 0 amide bonds. The van der Waals surface area contributed by atoms with Crippen LogP contribution in [0.15, 0.2) is 18.3 Å². The molecule has 0 bridgehead atoms. The third kappa shape index (κ3) is 1.74. The monoisotopic (exact) mass is 166 g/mol. The predicted octanol–water partition coefficient (Wildman–Crippen LogP) is 1.50. The van der Waals surface area contributed by atoms with Crippen LogP contribution in [0.4, 0.5) is 0 Å². The van der Waals surface area contributed by atoms with E-state index >= 15 is 0 Å². The third-order valence-electron chi connectivity index (χ3n) is 1.83. The number of rotatable bonds is 3. The number of nitrogens with two attached hydrogens (primary N) is 1. The molecule has 0 aliphatic heterocycles. The normalized spacial score (nSPS) is 12.6. The van der Waals surface area contributed by atoms with Crippen LogP contribution in [0, 0.1) is 0 Å². The Bertz CT molecular complexity index is 250.